The predicted octanol–water partition coefficient (Wildman–Crippen LogP) is 6.37. The maximum absolute atomic E-state index is 15.5. The second-order valence-electron chi connectivity index (χ2n) is 10.8. The lowest BCUT2D eigenvalue weighted by Crippen LogP contribution is -2.44. The number of aromatic amines is 1. The molecule has 1 aliphatic rings. The van der Waals surface area contributed by atoms with Gasteiger partial charge in [-0.15, -0.1) is 5.10 Å². The zero-order chi connectivity index (χ0) is 33.0. The number of nitrogens with zero attached hydrogens (tertiary/aromatic N) is 6. The van der Waals surface area contributed by atoms with E-state index in [1.54, 1.807) is 32.0 Å². The van der Waals surface area contributed by atoms with Crippen molar-refractivity contribution in [3.63, 3.8) is 0 Å². The van der Waals surface area contributed by atoms with Crippen LogP contribution in [-0.4, -0.2) is 42.7 Å². The number of amides is 1. The van der Waals surface area contributed by atoms with Crippen molar-refractivity contribution in [2.75, 3.05) is 16.4 Å². The van der Waals surface area contributed by atoms with E-state index in [2.05, 4.69) is 19.9 Å². The topological polar surface area (TPSA) is 100 Å². The third kappa shape index (κ3) is 5.08. The number of aromatic nitrogens is 4. The van der Waals surface area contributed by atoms with E-state index in [4.69, 9.17) is 23.5 Å². The monoisotopic (exact) mass is 641 g/mol. The zero-order valence-electron chi connectivity index (χ0n) is 24.8. The molecule has 15 heteroatoms. The summed E-state index contributed by atoms with van der Waals surface area (Å²) in [7, 11) is 0. The molecule has 1 fully saturated rings. The highest BCUT2D eigenvalue weighted by molar-refractivity contribution is 7.81. The fraction of sp³-hybridized carbons (Fsp3) is 0.333. The summed E-state index contributed by atoms with van der Waals surface area (Å²) in [5, 5.41) is 4.36. The molecule has 234 valence electrons. The highest BCUT2D eigenvalue weighted by atomic mass is 32.1. The number of hydrogen-bond acceptors (Lipinski definition) is 6. The number of carbonyl (C=O) groups is 1. The first-order valence-electron chi connectivity index (χ1n) is 13.9. The number of carbonyl (C=O) groups excluding carboxylic acids is 1. The predicted molar refractivity (Wildman–Crippen MR) is 163 cm³/mol. The maximum Gasteiger partial charge on any atom is 0.410 e. The normalized spacial score (nSPS) is 14.8. The van der Waals surface area contributed by atoms with Gasteiger partial charge in [0.1, 0.15) is 22.9 Å². The van der Waals surface area contributed by atoms with Crippen LogP contribution >= 0.6 is 12.2 Å². The molecule has 0 radical (unpaired) electrons. The lowest BCUT2D eigenvalue weighted by molar-refractivity contribution is -0.139. The molecule has 0 aliphatic carbocycles. The fourth-order valence-electron chi connectivity index (χ4n) is 5.40. The number of thiocarbonyl (C=S) groups is 1. The third-order valence-electron chi connectivity index (χ3n) is 7.41. The summed E-state index contributed by atoms with van der Waals surface area (Å²) >= 11 is 5.59. The number of fused-ring (bicyclic) bond motifs is 1. The number of ether oxygens (including phenoxy) is 1. The Morgan fingerprint density at radius 1 is 1.16 bits per heavy atom. The molecule has 1 N–H and O–H groups in total. The maximum atomic E-state index is 15.5. The van der Waals surface area contributed by atoms with Crippen LogP contribution in [0.1, 0.15) is 51.2 Å². The minimum atomic E-state index is -5.20. The average Bonchev–Trinajstić information content (AvgIpc) is 3.37. The smallest absolute Gasteiger partial charge is 0.410 e. The van der Waals surface area contributed by atoms with Gasteiger partial charge in [-0.3, -0.25) is 14.5 Å². The summed E-state index contributed by atoms with van der Waals surface area (Å²) in [6, 6.07) is 6.47. The second kappa shape index (κ2) is 11.3. The average molecular weight is 642 g/mol. The number of imidazole rings is 1. The molecular weight excluding hydrogens is 614 g/mol. The highest BCUT2D eigenvalue weighted by Crippen LogP contribution is 2.45. The van der Waals surface area contributed by atoms with Crippen LogP contribution in [0.15, 0.2) is 35.1 Å². The Balaban J connectivity index is 1.67. The Bertz CT molecular complexity index is 1980. The molecule has 1 saturated heterocycles. The Morgan fingerprint density at radius 3 is 2.49 bits per heavy atom. The van der Waals surface area contributed by atoms with Crippen molar-refractivity contribution in [2.45, 2.75) is 59.2 Å². The van der Waals surface area contributed by atoms with Gasteiger partial charge in [0.15, 0.2) is 16.5 Å². The van der Waals surface area contributed by atoms with Crippen molar-refractivity contribution in [3.8, 4) is 17.1 Å². The summed E-state index contributed by atoms with van der Waals surface area (Å²) in [4.78, 5) is 39.0. The van der Waals surface area contributed by atoms with Crippen molar-refractivity contribution in [3.05, 3.63) is 75.0 Å². The van der Waals surface area contributed by atoms with Crippen molar-refractivity contribution in [2.24, 2.45) is 0 Å². The van der Waals surface area contributed by atoms with E-state index in [1.165, 1.54) is 23.3 Å². The van der Waals surface area contributed by atoms with Gasteiger partial charge < -0.3 is 14.6 Å². The van der Waals surface area contributed by atoms with Gasteiger partial charge in [0, 0.05) is 12.1 Å². The number of halogens is 4. The van der Waals surface area contributed by atoms with Gasteiger partial charge >= 0.3 is 6.18 Å². The Labute approximate surface area is 260 Å². The fourth-order valence-corrected chi connectivity index (χ4v) is 5.91. The van der Waals surface area contributed by atoms with Crippen LogP contribution < -0.4 is 20.1 Å². The summed E-state index contributed by atoms with van der Waals surface area (Å²) in [5.41, 5.74) is -3.94. The Hall–Kier alpha value is -4.84. The van der Waals surface area contributed by atoms with Crippen molar-refractivity contribution in [1.29, 1.82) is 0 Å². The van der Waals surface area contributed by atoms with E-state index < -0.39 is 45.9 Å². The minimum Gasteiger partial charge on any atom is -0.493 e. The summed E-state index contributed by atoms with van der Waals surface area (Å²) in [6.07, 6.45) is -3.86. The summed E-state index contributed by atoms with van der Waals surface area (Å²) in [6.45, 7) is 15.8. The summed E-state index contributed by atoms with van der Waals surface area (Å²) in [5.74, 6) is -1.51. The zero-order valence-corrected chi connectivity index (χ0v) is 25.7. The molecule has 2 aromatic carbocycles. The van der Waals surface area contributed by atoms with Crippen molar-refractivity contribution in [1.82, 2.24) is 19.6 Å². The number of alkyl halides is 3. The SMILES string of the molecule is [C-]#[N+]c1ccc(N2C(=O)C(C)(C)N(c3ccc(OCC)c(-c4nn5c(CCC)nc(C)c5c(=O)[nH]4)c3)C2=S)c(F)c1C(F)(F)F. The van der Waals surface area contributed by atoms with Crippen LogP contribution in [0.25, 0.3) is 21.7 Å². The molecule has 3 heterocycles. The van der Waals surface area contributed by atoms with Gasteiger partial charge in [0.25, 0.3) is 11.5 Å². The molecule has 45 heavy (non-hydrogen) atoms. The highest BCUT2D eigenvalue weighted by Gasteiger charge is 2.52. The van der Waals surface area contributed by atoms with Crippen molar-refractivity contribution >= 4 is 45.8 Å². The van der Waals surface area contributed by atoms with Gasteiger partial charge in [-0.2, -0.15) is 13.2 Å². The number of hydrogen-bond donors (Lipinski definition) is 1. The Kier molecular flexibility index (Phi) is 7.90. The van der Waals surface area contributed by atoms with Gasteiger partial charge in [-0.1, -0.05) is 13.0 Å². The number of rotatable bonds is 7. The number of anilines is 2. The first kappa shape index (κ1) is 31.6. The van der Waals surface area contributed by atoms with Gasteiger partial charge in [0.05, 0.1) is 35.7 Å². The first-order valence-corrected chi connectivity index (χ1v) is 14.3. The molecule has 4 aromatic rings. The van der Waals surface area contributed by atoms with Gasteiger partial charge in [-0.25, -0.2) is 18.7 Å². The molecule has 0 saturated carbocycles. The van der Waals surface area contributed by atoms with E-state index in [9.17, 15) is 22.8 Å². The van der Waals surface area contributed by atoms with Crippen molar-refractivity contribution < 1.29 is 27.1 Å². The molecule has 0 bridgehead atoms. The van der Waals surface area contributed by atoms with E-state index in [1.807, 2.05) is 6.92 Å². The molecule has 1 amide bonds. The van der Waals surface area contributed by atoms with E-state index in [0.717, 1.165) is 18.6 Å². The number of H-pyrrole nitrogens is 1. The van der Waals surface area contributed by atoms with Crippen LogP contribution in [0.5, 0.6) is 5.75 Å². The number of nitrogens with one attached hydrogen (secondary N) is 1. The largest absolute Gasteiger partial charge is 0.493 e. The molecule has 2 aromatic heterocycles. The molecular formula is C30H27F4N7O3S. The van der Waals surface area contributed by atoms with Gasteiger partial charge in [-0.05, 0) is 70.6 Å². The lowest BCUT2D eigenvalue weighted by atomic mass is 10.0. The molecule has 0 unspecified atom stereocenters. The number of benzene rings is 2. The lowest BCUT2D eigenvalue weighted by Gasteiger charge is -2.30. The van der Waals surface area contributed by atoms with E-state index >= 15 is 4.39 Å². The third-order valence-corrected chi connectivity index (χ3v) is 7.77. The van der Waals surface area contributed by atoms with E-state index in [-0.39, 0.29) is 17.5 Å². The minimum absolute atomic E-state index is 0.134. The van der Waals surface area contributed by atoms with Crippen LogP contribution in [0.2, 0.25) is 0 Å². The Morgan fingerprint density at radius 2 is 1.87 bits per heavy atom. The van der Waals surface area contributed by atoms with Gasteiger partial charge in [0.2, 0.25) is 5.69 Å². The molecule has 0 atom stereocenters. The molecule has 0 spiro atoms. The summed E-state index contributed by atoms with van der Waals surface area (Å²) < 4.78 is 64.1. The molecule has 10 nitrogen and oxygen atoms in total. The van der Waals surface area contributed by atoms with E-state index in [0.29, 0.717) is 45.4 Å². The molecule has 5 rings (SSSR count). The quantitative estimate of drug-likeness (QED) is 0.142. The van der Waals surface area contributed by atoms with Crippen LogP contribution in [-0.2, 0) is 17.4 Å². The second-order valence-corrected chi connectivity index (χ2v) is 11.1. The molecule has 1 aliphatic heterocycles. The van der Waals surface area contributed by atoms with Crippen LogP contribution in [0, 0.1) is 19.3 Å². The number of aryl methyl sites for hydroxylation is 2. The van der Waals surface area contributed by atoms with Crippen LogP contribution in [0.4, 0.5) is 34.6 Å². The first-order chi connectivity index (χ1) is 21.2. The standard InChI is InChI=1S/C30H27F4N7O3S/c1-7-9-21-36-15(3)24-26(42)37-25(38-41(21)24)17-14-16(10-13-20(17)44-8-2)40-28(45)39(27(43)29(40,4)5)19-12-11-18(35-6)22(23(19)31)30(32,33)34/h10-14H,7-9H2,1-5H3,(H,37,38,42). The van der Waals surface area contributed by atoms with Crippen LogP contribution in [0.3, 0.4) is 0 Å².